The van der Waals surface area contributed by atoms with Crippen LogP contribution in [-0.4, -0.2) is 30.9 Å². The van der Waals surface area contributed by atoms with Crippen molar-refractivity contribution in [2.45, 2.75) is 92.1 Å². The van der Waals surface area contributed by atoms with Gasteiger partial charge in [-0.15, -0.1) is 0 Å². The second kappa shape index (κ2) is 9.52. The summed E-state index contributed by atoms with van der Waals surface area (Å²) in [5.74, 6) is -0.348. The van der Waals surface area contributed by atoms with Gasteiger partial charge in [0, 0.05) is 6.42 Å². The van der Waals surface area contributed by atoms with Crippen molar-refractivity contribution < 1.29 is 23.9 Å². The fourth-order valence-electron chi connectivity index (χ4n) is 4.04. The highest BCUT2D eigenvalue weighted by Crippen LogP contribution is 2.40. The molecule has 26 heavy (non-hydrogen) atoms. The first-order valence-corrected chi connectivity index (χ1v) is 9.84. The van der Waals surface area contributed by atoms with Gasteiger partial charge in [0.25, 0.3) is 0 Å². The molecule has 5 heteroatoms. The number of rotatable bonds is 9. The van der Waals surface area contributed by atoms with Crippen LogP contribution in [0.4, 0.5) is 0 Å². The average molecular weight is 369 g/mol. The van der Waals surface area contributed by atoms with E-state index in [9.17, 15) is 14.4 Å². The first kappa shape index (κ1) is 22.7. The first-order chi connectivity index (χ1) is 12.1. The highest BCUT2D eigenvalue weighted by molar-refractivity contribution is 5.81. The topological polar surface area (TPSA) is 69.7 Å². The lowest BCUT2D eigenvalue weighted by atomic mass is 9.72. The minimum absolute atomic E-state index is 0.0430. The molecule has 0 aromatic rings. The molecule has 0 aliphatic heterocycles. The Morgan fingerprint density at radius 1 is 1.04 bits per heavy atom. The van der Waals surface area contributed by atoms with Crippen LogP contribution in [0.5, 0.6) is 0 Å². The number of ketones is 1. The summed E-state index contributed by atoms with van der Waals surface area (Å²) >= 11 is 0. The van der Waals surface area contributed by atoms with E-state index in [1.54, 1.807) is 20.8 Å². The van der Waals surface area contributed by atoms with Crippen molar-refractivity contribution in [2.24, 2.45) is 16.7 Å². The fourth-order valence-corrected chi connectivity index (χ4v) is 4.04. The maximum absolute atomic E-state index is 13.0. The van der Waals surface area contributed by atoms with Crippen LogP contribution in [0.2, 0.25) is 0 Å². The van der Waals surface area contributed by atoms with Gasteiger partial charge in [-0.1, -0.05) is 26.2 Å². The molecule has 2 atom stereocenters. The number of carbonyl (C=O) groups is 3. The summed E-state index contributed by atoms with van der Waals surface area (Å²) in [6, 6.07) is 0. The van der Waals surface area contributed by atoms with Crippen LogP contribution < -0.4 is 0 Å². The minimum Gasteiger partial charge on any atom is -0.469 e. The van der Waals surface area contributed by atoms with E-state index in [4.69, 9.17) is 9.47 Å². The highest BCUT2D eigenvalue weighted by Gasteiger charge is 2.44. The predicted molar refractivity (Wildman–Crippen MR) is 101 cm³/mol. The number of hydrogen-bond donors (Lipinski definition) is 0. The van der Waals surface area contributed by atoms with Crippen LogP contribution in [0, 0.1) is 16.7 Å². The maximum atomic E-state index is 13.0. The summed E-state index contributed by atoms with van der Waals surface area (Å²) < 4.78 is 10.8. The van der Waals surface area contributed by atoms with Gasteiger partial charge in [-0.05, 0) is 59.3 Å². The molecule has 0 amide bonds. The van der Waals surface area contributed by atoms with Gasteiger partial charge in [-0.2, -0.15) is 0 Å². The maximum Gasteiger partial charge on any atom is 0.312 e. The third kappa shape index (κ3) is 6.10. The molecule has 0 radical (unpaired) electrons. The highest BCUT2D eigenvalue weighted by atomic mass is 16.5. The van der Waals surface area contributed by atoms with E-state index in [2.05, 4.69) is 0 Å². The molecule has 0 N–H and O–H groups in total. The van der Waals surface area contributed by atoms with E-state index >= 15 is 0 Å². The second-order valence-corrected chi connectivity index (χ2v) is 8.71. The molecule has 1 aliphatic carbocycles. The average Bonchev–Trinajstić information content (AvgIpc) is 2.60. The zero-order chi connectivity index (χ0) is 20.0. The molecule has 1 aliphatic rings. The number of carbonyl (C=O) groups excluding carboxylic acids is 3. The Morgan fingerprint density at radius 3 is 2.08 bits per heavy atom. The van der Waals surface area contributed by atoms with E-state index < -0.39 is 10.8 Å². The van der Waals surface area contributed by atoms with Gasteiger partial charge in [0.15, 0.2) is 0 Å². The van der Waals surface area contributed by atoms with Crippen LogP contribution >= 0.6 is 0 Å². The van der Waals surface area contributed by atoms with Crippen molar-refractivity contribution in [3.8, 4) is 0 Å². The summed E-state index contributed by atoms with van der Waals surface area (Å²) in [6.07, 6.45) is 6.28. The Bertz CT molecular complexity index is 505. The third-order valence-corrected chi connectivity index (χ3v) is 5.77. The summed E-state index contributed by atoms with van der Waals surface area (Å²) in [4.78, 5) is 36.8. The minimum atomic E-state index is -0.790. The van der Waals surface area contributed by atoms with Crippen molar-refractivity contribution in [1.82, 2.24) is 0 Å². The molecule has 0 spiro atoms. The number of esters is 2. The zero-order valence-electron chi connectivity index (χ0n) is 17.4. The fraction of sp³-hybridized carbons (Fsp3) is 0.857. The van der Waals surface area contributed by atoms with Crippen molar-refractivity contribution in [3.63, 3.8) is 0 Å². The first-order valence-electron chi connectivity index (χ1n) is 9.84. The summed E-state index contributed by atoms with van der Waals surface area (Å²) in [5.41, 5.74) is -1.57. The lowest BCUT2D eigenvalue weighted by Gasteiger charge is -2.36. The largest absolute Gasteiger partial charge is 0.469 e. The molecule has 2 unspecified atom stereocenters. The molecule has 1 rings (SSSR count). The summed E-state index contributed by atoms with van der Waals surface area (Å²) in [5, 5.41) is 0. The quantitative estimate of drug-likeness (QED) is 0.562. The molecule has 150 valence electrons. The van der Waals surface area contributed by atoms with Crippen LogP contribution in [0.1, 0.15) is 86.0 Å². The van der Waals surface area contributed by atoms with Gasteiger partial charge in [0.05, 0.1) is 17.9 Å². The number of Topliss-reactive ketones (excluding diaryl/α,β-unsaturated/α-hetero) is 1. The molecule has 0 saturated heterocycles. The van der Waals surface area contributed by atoms with Gasteiger partial charge >= 0.3 is 11.9 Å². The molecule has 1 fully saturated rings. The van der Waals surface area contributed by atoms with E-state index in [1.807, 2.05) is 13.8 Å². The molecule has 0 bridgehead atoms. The van der Waals surface area contributed by atoms with Crippen LogP contribution in [0.25, 0.3) is 0 Å². The monoisotopic (exact) mass is 368 g/mol. The molecular weight excluding hydrogens is 332 g/mol. The van der Waals surface area contributed by atoms with Crippen molar-refractivity contribution in [2.75, 3.05) is 7.11 Å². The lowest BCUT2D eigenvalue weighted by Crippen LogP contribution is -2.41. The van der Waals surface area contributed by atoms with Crippen LogP contribution in [0.3, 0.4) is 0 Å². The SMILES string of the molecule is CCC(C)(CC(C)(C)C(=O)OC)C(=O)OC(CC(C)=O)C1CCCCC1. The number of methoxy groups -OCH3 is 1. The molecule has 0 heterocycles. The molecule has 0 aromatic carbocycles. The molecule has 5 nitrogen and oxygen atoms in total. The molecule has 0 aromatic heterocycles. The van der Waals surface area contributed by atoms with Crippen LogP contribution in [-0.2, 0) is 23.9 Å². The Hall–Kier alpha value is -1.39. The van der Waals surface area contributed by atoms with Crippen molar-refractivity contribution in [3.05, 3.63) is 0 Å². The predicted octanol–water partition coefficient (Wildman–Crippen LogP) is 4.46. The summed E-state index contributed by atoms with van der Waals surface area (Å²) in [7, 11) is 1.36. The molecular formula is C21H36O5. The van der Waals surface area contributed by atoms with E-state index in [1.165, 1.54) is 13.5 Å². The second-order valence-electron chi connectivity index (χ2n) is 8.71. The zero-order valence-corrected chi connectivity index (χ0v) is 17.4. The van der Waals surface area contributed by atoms with Crippen LogP contribution in [0.15, 0.2) is 0 Å². The third-order valence-electron chi connectivity index (χ3n) is 5.77. The number of hydrogen-bond acceptors (Lipinski definition) is 5. The molecule has 1 saturated carbocycles. The van der Waals surface area contributed by atoms with E-state index in [0.717, 1.165) is 25.7 Å². The number of ether oxygens (including phenoxy) is 2. The smallest absolute Gasteiger partial charge is 0.312 e. The van der Waals surface area contributed by atoms with Gasteiger partial charge in [-0.25, -0.2) is 0 Å². The summed E-state index contributed by atoms with van der Waals surface area (Å²) in [6.45, 7) is 8.88. The van der Waals surface area contributed by atoms with Gasteiger partial charge < -0.3 is 9.47 Å². The van der Waals surface area contributed by atoms with E-state index in [-0.39, 0.29) is 36.2 Å². The Labute approximate surface area is 158 Å². The van der Waals surface area contributed by atoms with Gasteiger partial charge in [-0.3, -0.25) is 14.4 Å². The van der Waals surface area contributed by atoms with Crippen molar-refractivity contribution >= 4 is 17.7 Å². The van der Waals surface area contributed by atoms with Gasteiger partial charge in [0.1, 0.15) is 11.9 Å². The van der Waals surface area contributed by atoms with Gasteiger partial charge in [0.2, 0.25) is 0 Å². The Kier molecular flexibility index (Phi) is 8.29. The normalized spacial score (nSPS) is 19.3. The standard InChI is InChI=1S/C21H36O5/c1-7-21(5,14-20(3,4)18(23)25-6)19(24)26-17(13-15(2)22)16-11-9-8-10-12-16/h16-17H,7-14H2,1-6H3. The van der Waals surface area contributed by atoms with Crippen molar-refractivity contribution in [1.29, 1.82) is 0 Å². The Morgan fingerprint density at radius 2 is 1.62 bits per heavy atom. The Balaban J connectivity index is 2.92. The van der Waals surface area contributed by atoms with E-state index in [0.29, 0.717) is 12.8 Å². The lowest BCUT2D eigenvalue weighted by molar-refractivity contribution is -0.169.